The Morgan fingerprint density at radius 1 is 0.939 bits per heavy atom. The van der Waals surface area contributed by atoms with E-state index < -0.39 is 31.2 Å². The molecule has 0 unspecified atom stereocenters. The van der Waals surface area contributed by atoms with E-state index in [1.54, 1.807) is 58.6 Å². The molecule has 0 saturated heterocycles. The van der Waals surface area contributed by atoms with Crippen LogP contribution in [0.25, 0.3) is 0 Å². The van der Waals surface area contributed by atoms with Crippen LogP contribution in [-0.2, 0) is 23.8 Å². The quantitative estimate of drug-likeness (QED) is 0.154. The monoisotopic (exact) mass is 545 g/mol. The van der Waals surface area contributed by atoms with Crippen LogP contribution in [0.2, 0.25) is 25.7 Å². The lowest BCUT2D eigenvalue weighted by molar-refractivity contribution is -0.154. The van der Waals surface area contributed by atoms with Gasteiger partial charge in [-0.3, -0.25) is 9.59 Å². The van der Waals surface area contributed by atoms with Gasteiger partial charge in [0, 0.05) is 19.2 Å². The number of carbonyl (C=O) groups is 2. The van der Waals surface area contributed by atoms with Crippen molar-refractivity contribution < 1.29 is 28.5 Å². The van der Waals surface area contributed by atoms with Crippen molar-refractivity contribution in [3.63, 3.8) is 0 Å². The third kappa shape index (κ3) is 13.7. The zero-order valence-corrected chi connectivity index (χ0v) is 24.1. The molecule has 33 heavy (non-hydrogen) atoms. The number of hydrogen-bond acceptors (Lipinski definition) is 7. The topological polar surface area (TPSA) is 74.3 Å². The molecule has 0 aliphatic heterocycles. The molecule has 0 amide bonds. The molecule has 0 aliphatic carbocycles. The molecule has 7 nitrogen and oxygen atoms in total. The SMILES string of the molecule is CC(C)(C)OC(=O)CN(CC(=O)OC(C)(C)C)c1ccc(Br)cc1OCOCC[Si](C)(C)C. The molecule has 9 heteroatoms. The van der Waals surface area contributed by atoms with Gasteiger partial charge in [-0.25, -0.2) is 0 Å². The summed E-state index contributed by atoms with van der Waals surface area (Å²) in [7, 11) is -1.20. The molecule has 0 bridgehead atoms. The minimum atomic E-state index is -1.20. The van der Waals surface area contributed by atoms with E-state index in [0.717, 1.165) is 10.5 Å². The van der Waals surface area contributed by atoms with Gasteiger partial charge in [-0.15, -0.1) is 0 Å². The van der Waals surface area contributed by atoms with Crippen molar-refractivity contribution in [2.24, 2.45) is 0 Å². The average Bonchev–Trinajstić information content (AvgIpc) is 2.56. The van der Waals surface area contributed by atoms with Crippen LogP contribution >= 0.6 is 15.9 Å². The van der Waals surface area contributed by atoms with Crippen molar-refractivity contribution in [3.8, 4) is 5.75 Å². The van der Waals surface area contributed by atoms with E-state index in [4.69, 9.17) is 18.9 Å². The van der Waals surface area contributed by atoms with Crippen LogP contribution < -0.4 is 9.64 Å². The Morgan fingerprint density at radius 3 is 1.91 bits per heavy atom. The summed E-state index contributed by atoms with van der Waals surface area (Å²) in [4.78, 5) is 26.8. The van der Waals surface area contributed by atoms with Gasteiger partial charge in [0.2, 0.25) is 0 Å². The molecule has 1 rings (SSSR count). The zero-order chi connectivity index (χ0) is 25.4. The molecule has 1 aromatic rings. The van der Waals surface area contributed by atoms with E-state index >= 15 is 0 Å². The van der Waals surface area contributed by atoms with Gasteiger partial charge in [0.15, 0.2) is 6.79 Å². The van der Waals surface area contributed by atoms with Gasteiger partial charge < -0.3 is 23.8 Å². The standard InChI is InChI=1S/C24H40BrNO6Si/c1-23(2,3)31-21(27)15-26(16-22(28)32-24(4,5)6)19-11-10-18(25)14-20(19)30-17-29-12-13-33(7,8)9/h10-11,14H,12-13,15-17H2,1-9H3. The second kappa shape index (κ2) is 12.2. The Kier molecular flexibility index (Phi) is 10.9. The number of rotatable bonds is 11. The molecule has 0 aromatic heterocycles. The molecule has 0 fully saturated rings. The van der Waals surface area contributed by atoms with Crippen LogP contribution in [0.4, 0.5) is 5.69 Å². The molecule has 0 aliphatic rings. The number of carbonyl (C=O) groups excluding carboxylic acids is 2. The third-order valence-corrected chi connectivity index (χ3v) is 6.23. The van der Waals surface area contributed by atoms with Gasteiger partial charge in [0.25, 0.3) is 0 Å². The fourth-order valence-electron chi connectivity index (χ4n) is 2.69. The maximum absolute atomic E-state index is 12.6. The average molecular weight is 547 g/mol. The summed E-state index contributed by atoms with van der Waals surface area (Å²) in [5.74, 6) is -0.415. The van der Waals surface area contributed by atoms with Crippen molar-refractivity contribution in [1.29, 1.82) is 0 Å². The highest BCUT2D eigenvalue weighted by atomic mass is 79.9. The molecule has 0 radical (unpaired) electrons. The number of nitrogens with zero attached hydrogens (tertiary/aromatic N) is 1. The first-order valence-corrected chi connectivity index (χ1v) is 15.6. The van der Waals surface area contributed by atoms with E-state index in [9.17, 15) is 9.59 Å². The summed E-state index contributed by atoms with van der Waals surface area (Å²) in [6, 6.07) is 6.43. The van der Waals surface area contributed by atoms with Crippen LogP contribution in [0.15, 0.2) is 22.7 Å². The Balaban J connectivity index is 3.06. The Hall–Kier alpha value is -1.58. The highest BCUT2D eigenvalue weighted by molar-refractivity contribution is 9.10. The molecule has 0 saturated carbocycles. The van der Waals surface area contributed by atoms with E-state index in [1.165, 1.54) is 0 Å². The Bertz CT molecular complexity index is 766. The van der Waals surface area contributed by atoms with E-state index in [2.05, 4.69) is 35.6 Å². The highest BCUT2D eigenvalue weighted by Crippen LogP contribution is 2.32. The Morgan fingerprint density at radius 2 is 1.45 bits per heavy atom. The first-order valence-electron chi connectivity index (χ1n) is 11.1. The first kappa shape index (κ1) is 29.4. The molecule has 0 spiro atoms. The van der Waals surface area contributed by atoms with Gasteiger partial charge >= 0.3 is 11.9 Å². The van der Waals surface area contributed by atoms with Crippen LogP contribution in [0.3, 0.4) is 0 Å². The van der Waals surface area contributed by atoms with Crippen LogP contribution in [0.1, 0.15) is 41.5 Å². The van der Waals surface area contributed by atoms with E-state index in [-0.39, 0.29) is 19.9 Å². The number of ether oxygens (including phenoxy) is 4. The molecule has 188 valence electrons. The van der Waals surface area contributed by atoms with Gasteiger partial charge in [-0.2, -0.15) is 0 Å². The van der Waals surface area contributed by atoms with E-state index in [0.29, 0.717) is 18.0 Å². The fraction of sp³-hybridized carbons (Fsp3) is 0.667. The summed E-state index contributed by atoms with van der Waals surface area (Å²) in [6.45, 7) is 18.1. The molecule has 1 aromatic carbocycles. The third-order valence-electron chi connectivity index (χ3n) is 4.04. The number of esters is 2. The highest BCUT2D eigenvalue weighted by Gasteiger charge is 2.25. The van der Waals surface area contributed by atoms with Gasteiger partial charge in [0.1, 0.15) is 30.0 Å². The summed E-state index contributed by atoms with van der Waals surface area (Å²) in [6.07, 6.45) is 0. The largest absolute Gasteiger partial charge is 0.465 e. The van der Waals surface area contributed by atoms with Crippen LogP contribution in [0.5, 0.6) is 5.75 Å². The fourth-order valence-corrected chi connectivity index (χ4v) is 3.79. The minimum absolute atomic E-state index is 0.0701. The number of benzene rings is 1. The molecule has 0 heterocycles. The van der Waals surface area contributed by atoms with E-state index in [1.807, 2.05) is 6.07 Å². The van der Waals surface area contributed by atoms with Crippen molar-refractivity contribution in [3.05, 3.63) is 22.7 Å². The van der Waals surface area contributed by atoms with Crippen molar-refractivity contribution >= 4 is 41.6 Å². The lowest BCUT2D eigenvalue weighted by Gasteiger charge is -2.29. The predicted octanol–water partition coefficient (Wildman–Crippen LogP) is 5.63. The van der Waals surface area contributed by atoms with Crippen molar-refractivity contribution in [1.82, 2.24) is 0 Å². The summed E-state index contributed by atoms with van der Waals surface area (Å²) >= 11 is 3.46. The second-order valence-corrected chi connectivity index (χ2v) is 17.7. The number of hydrogen-bond donors (Lipinski definition) is 0. The maximum Gasteiger partial charge on any atom is 0.326 e. The lowest BCUT2D eigenvalue weighted by Crippen LogP contribution is -2.40. The summed E-state index contributed by atoms with van der Waals surface area (Å²) < 4.78 is 23.3. The maximum atomic E-state index is 12.6. The molecule has 0 atom stereocenters. The zero-order valence-electron chi connectivity index (χ0n) is 21.5. The summed E-state index contributed by atoms with van der Waals surface area (Å²) in [5, 5.41) is 0. The molecule has 0 N–H and O–H groups in total. The van der Waals surface area contributed by atoms with Crippen molar-refractivity contribution in [2.75, 3.05) is 31.4 Å². The normalized spacial score (nSPS) is 12.3. The smallest absolute Gasteiger partial charge is 0.326 e. The van der Waals surface area contributed by atoms with Gasteiger partial charge in [0.05, 0.1) is 5.69 Å². The minimum Gasteiger partial charge on any atom is -0.465 e. The van der Waals surface area contributed by atoms with Crippen molar-refractivity contribution in [2.45, 2.75) is 78.4 Å². The van der Waals surface area contributed by atoms with Gasteiger partial charge in [-0.1, -0.05) is 35.6 Å². The molecular formula is C24H40BrNO6Si. The van der Waals surface area contributed by atoms with Gasteiger partial charge in [-0.05, 0) is 65.8 Å². The van der Waals surface area contributed by atoms with Crippen LogP contribution in [0, 0.1) is 0 Å². The predicted molar refractivity (Wildman–Crippen MR) is 138 cm³/mol. The molecular weight excluding hydrogens is 506 g/mol. The first-order chi connectivity index (χ1) is 15.0. The lowest BCUT2D eigenvalue weighted by atomic mass is 10.2. The number of anilines is 1. The Labute approximate surface area is 208 Å². The second-order valence-electron chi connectivity index (χ2n) is 11.1. The summed E-state index contributed by atoms with van der Waals surface area (Å²) in [5.41, 5.74) is -0.709. The van der Waals surface area contributed by atoms with Crippen LogP contribution in [-0.4, -0.2) is 57.7 Å². The number of halogens is 1.